The van der Waals surface area contributed by atoms with Crippen molar-refractivity contribution in [3.05, 3.63) is 0 Å². The Bertz CT molecular complexity index is 234. The van der Waals surface area contributed by atoms with E-state index in [1.807, 2.05) is 33.5 Å². The fourth-order valence-electron chi connectivity index (χ4n) is 1.21. The molecule has 0 aromatic carbocycles. The molecule has 4 nitrogen and oxygen atoms in total. The van der Waals surface area contributed by atoms with E-state index < -0.39 is 14.1 Å². The van der Waals surface area contributed by atoms with Crippen LogP contribution in [-0.4, -0.2) is 33.3 Å². The molecule has 0 amide bonds. The largest absolute Gasteiger partial charge is 0.520 e. The van der Waals surface area contributed by atoms with E-state index in [4.69, 9.17) is 13.9 Å². The summed E-state index contributed by atoms with van der Waals surface area (Å²) in [6.07, 6.45) is 0. The highest BCUT2D eigenvalue weighted by atomic mass is 28.4. The number of carbonyl (C=O) groups excluding carboxylic acids is 1. The SMILES string of the molecule is CC1(C)OCC(C(=O)O[Si](C)(C)C)CO1. The molecular weight excluding hydrogens is 212 g/mol. The maximum Gasteiger partial charge on any atom is 0.300 e. The summed E-state index contributed by atoms with van der Waals surface area (Å²) < 4.78 is 16.2. The summed E-state index contributed by atoms with van der Waals surface area (Å²) in [5, 5.41) is 0. The van der Waals surface area contributed by atoms with Crippen LogP contribution in [0.5, 0.6) is 0 Å². The van der Waals surface area contributed by atoms with E-state index in [1.165, 1.54) is 0 Å². The minimum Gasteiger partial charge on any atom is -0.520 e. The van der Waals surface area contributed by atoms with Crippen LogP contribution >= 0.6 is 0 Å². The lowest BCUT2D eigenvalue weighted by Crippen LogP contribution is -2.44. The van der Waals surface area contributed by atoms with Crippen molar-refractivity contribution in [1.29, 1.82) is 0 Å². The average Bonchev–Trinajstić information content (AvgIpc) is 2.00. The van der Waals surface area contributed by atoms with Crippen LogP contribution < -0.4 is 0 Å². The van der Waals surface area contributed by atoms with Gasteiger partial charge in [-0.3, -0.25) is 4.79 Å². The third kappa shape index (κ3) is 4.32. The number of ether oxygens (including phenoxy) is 2. The molecule has 1 aliphatic heterocycles. The van der Waals surface area contributed by atoms with Gasteiger partial charge in [0, 0.05) is 0 Å². The molecule has 0 unspecified atom stereocenters. The molecule has 0 bridgehead atoms. The zero-order chi connectivity index (χ0) is 11.7. The topological polar surface area (TPSA) is 44.8 Å². The van der Waals surface area contributed by atoms with Crippen molar-refractivity contribution < 1.29 is 18.7 Å². The molecule has 0 spiro atoms. The van der Waals surface area contributed by atoms with Crippen LogP contribution in [0.4, 0.5) is 0 Å². The van der Waals surface area contributed by atoms with Crippen LogP contribution in [0.3, 0.4) is 0 Å². The van der Waals surface area contributed by atoms with Gasteiger partial charge in [-0.25, -0.2) is 0 Å². The Morgan fingerprint density at radius 2 is 1.73 bits per heavy atom. The summed E-state index contributed by atoms with van der Waals surface area (Å²) in [6.45, 7) is 10.4. The molecule has 5 heteroatoms. The second-order valence-corrected chi connectivity index (χ2v) is 9.68. The fraction of sp³-hybridized carbons (Fsp3) is 0.900. The average molecular weight is 232 g/mol. The van der Waals surface area contributed by atoms with Gasteiger partial charge < -0.3 is 13.9 Å². The Kier molecular flexibility index (Phi) is 3.58. The molecule has 0 atom stereocenters. The Morgan fingerprint density at radius 1 is 1.27 bits per heavy atom. The summed E-state index contributed by atoms with van der Waals surface area (Å²) in [6, 6.07) is 0. The summed E-state index contributed by atoms with van der Waals surface area (Å²) in [7, 11) is -1.80. The fourth-order valence-corrected chi connectivity index (χ4v) is 1.98. The second kappa shape index (κ2) is 4.23. The molecule has 1 saturated heterocycles. The molecule has 1 aliphatic rings. The molecule has 1 rings (SSSR count). The molecule has 15 heavy (non-hydrogen) atoms. The first kappa shape index (κ1) is 12.7. The third-order valence-corrected chi connectivity index (χ3v) is 2.82. The van der Waals surface area contributed by atoms with Crippen molar-refractivity contribution in [2.24, 2.45) is 5.92 Å². The van der Waals surface area contributed by atoms with Crippen LogP contribution in [0.1, 0.15) is 13.8 Å². The van der Waals surface area contributed by atoms with Crippen LogP contribution in [0.25, 0.3) is 0 Å². The molecule has 1 fully saturated rings. The Morgan fingerprint density at radius 3 is 2.13 bits per heavy atom. The van der Waals surface area contributed by atoms with Crippen molar-refractivity contribution in [1.82, 2.24) is 0 Å². The molecule has 1 heterocycles. The van der Waals surface area contributed by atoms with Gasteiger partial charge in [0.2, 0.25) is 8.32 Å². The monoisotopic (exact) mass is 232 g/mol. The normalized spacial score (nSPS) is 22.5. The first-order valence-electron chi connectivity index (χ1n) is 5.20. The zero-order valence-corrected chi connectivity index (χ0v) is 11.1. The Balaban J connectivity index is 2.44. The van der Waals surface area contributed by atoms with Gasteiger partial charge in [-0.2, -0.15) is 0 Å². The van der Waals surface area contributed by atoms with Crippen molar-refractivity contribution in [2.45, 2.75) is 39.3 Å². The number of hydrogen-bond acceptors (Lipinski definition) is 4. The highest BCUT2D eigenvalue weighted by molar-refractivity contribution is 6.71. The van der Waals surface area contributed by atoms with Crippen LogP contribution in [-0.2, 0) is 18.7 Å². The van der Waals surface area contributed by atoms with Crippen molar-refractivity contribution >= 4 is 14.3 Å². The maximum absolute atomic E-state index is 11.7. The second-order valence-electron chi connectivity index (χ2n) is 5.25. The van der Waals surface area contributed by atoms with Gasteiger partial charge in [-0.15, -0.1) is 0 Å². The zero-order valence-electron chi connectivity index (χ0n) is 10.1. The lowest BCUT2D eigenvalue weighted by molar-refractivity contribution is -0.261. The highest BCUT2D eigenvalue weighted by Gasteiger charge is 2.34. The quantitative estimate of drug-likeness (QED) is 0.681. The maximum atomic E-state index is 11.7. The summed E-state index contributed by atoms with van der Waals surface area (Å²) in [5.41, 5.74) is 0. The van der Waals surface area contributed by atoms with Crippen LogP contribution in [0.2, 0.25) is 19.6 Å². The molecule has 0 saturated carbocycles. The summed E-state index contributed by atoms with van der Waals surface area (Å²) in [4.78, 5) is 11.7. The van der Waals surface area contributed by atoms with Gasteiger partial charge in [0.05, 0.1) is 13.2 Å². The van der Waals surface area contributed by atoms with Gasteiger partial charge in [-0.1, -0.05) is 0 Å². The van der Waals surface area contributed by atoms with Crippen LogP contribution in [0.15, 0.2) is 0 Å². The van der Waals surface area contributed by atoms with Gasteiger partial charge in [-0.05, 0) is 33.5 Å². The lowest BCUT2D eigenvalue weighted by atomic mass is 10.1. The minimum atomic E-state index is -1.80. The predicted molar refractivity (Wildman–Crippen MR) is 58.9 cm³/mol. The molecule has 0 radical (unpaired) electrons. The molecule has 0 N–H and O–H groups in total. The Hall–Kier alpha value is -0.393. The van der Waals surface area contributed by atoms with Gasteiger partial charge in [0.1, 0.15) is 5.92 Å². The third-order valence-electron chi connectivity index (χ3n) is 2.00. The molecule has 0 aromatic heterocycles. The van der Waals surface area contributed by atoms with Gasteiger partial charge in [0.15, 0.2) is 5.79 Å². The minimum absolute atomic E-state index is 0.190. The van der Waals surface area contributed by atoms with Crippen molar-refractivity contribution in [2.75, 3.05) is 13.2 Å². The number of hydrogen-bond donors (Lipinski definition) is 0. The van der Waals surface area contributed by atoms with Gasteiger partial charge >= 0.3 is 0 Å². The first-order valence-corrected chi connectivity index (χ1v) is 8.61. The van der Waals surface area contributed by atoms with E-state index in [-0.39, 0.29) is 11.9 Å². The summed E-state index contributed by atoms with van der Waals surface area (Å²) in [5.74, 6) is -1.04. The number of carbonyl (C=O) groups is 1. The molecular formula is C10H20O4Si. The lowest BCUT2D eigenvalue weighted by Gasteiger charge is -2.34. The van der Waals surface area contributed by atoms with Crippen molar-refractivity contribution in [3.8, 4) is 0 Å². The highest BCUT2D eigenvalue weighted by Crippen LogP contribution is 2.22. The standard InChI is InChI=1S/C10H20O4Si/c1-10(2)12-6-8(7-13-10)9(11)14-15(3,4)5/h8H,6-7H2,1-5H3. The van der Waals surface area contributed by atoms with Crippen molar-refractivity contribution in [3.63, 3.8) is 0 Å². The van der Waals surface area contributed by atoms with Gasteiger partial charge in [0.25, 0.3) is 5.97 Å². The molecule has 88 valence electrons. The van der Waals surface area contributed by atoms with E-state index in [1.54, 1.807) is 0 Å². The predicted octanol–water partition coefficient (Wildman–Crippen LogP) is 1.76. The van der Waals surface area contributed by atoms with E-state index in [9.17, 15) is 4.79 Å². The summed E-state index contributed by atoms with van der Waals surface area (Å²) >= 11 is 0. The Labute approximate surface area is 92.0 Å². The van der Waals surface area contributed by atoms with E-state index in [2.05, 4.69) is 0 Å². The smallest absolute Gasteiger partial charge is 0.300 e. The first-order chi connectivity index (χ1) is 6.70. The molecule has 0 aliphatic carbocycles. The molecule has 0 aromatic rings. The van der Waals surface area contributed by atoms with E-state index in [0.717, 1.165) is 0 Å². The van der Waals surface area contributed by atoms with E-state index in [0.29, 0.717) is 13.2 Å². The number of rotatable bonds is 2. The van der Waals surface area contributed by atoms with E-state index >= 15 is 0 Å². The van der Waals surface area contributed by atoms with Crippen LogP contribution in [0, 0.1) is 5.92 Å².